The predicted molar refractivity (Wildman–Crippen MR) is 125 cm³/mol. The molecule has 1 heterocycles. The van der Waals surface area contributed by atoms with Crippen LogP contribution in [-0.4, -0.2) is 85.5 Å². The number of benzene rings is 1. The van der Waals surface area contributed by atoms with Gasteiger partial charge in [0.25, 0.3) is 0 Å². The summed E-state index contributed by atoms with van der Waals surface area (Å²) in [6.45, 7) is 11.4. The minimum Gasteiger partial charge on any atom is -0.342 e. The van der Waals surface area contributed by atoms with Crippen molar-refractivity contribution in [2.24, 2.45) is 0 Å². The molecule has 1 aliphatic carbocycles. The van der Waals surface area contributed by atoms with E-state index in [1.165, 1.54) is 0 Å². The van der Waals surface area contributed by atoms with Gasteiger partial charge in [0.1, 0.15) is 0 Å². The quantitative estimate of drug-likeness (QED) is 0.621. The van der Waals surface area contributed by atoms with E-state index in [1.807, 2.05) is 37.8 Å². The molecular formula is C24H37N3O4S. The van der Waals surface area contributed by atoms with Crippen LogP contribution in [0.3, 0.4) is 0 Å². The summed E-state index contributed by atoms with van der Waals surface area (Å²) in [7, 11) is -3.82. The fourth-order valence-corrected chi connectivity index (χ4v) is 7.45. The van der Waals surface area contributed by atoms with E-state index in [1.54, 1.807) is 17.9 Å². The highest BCUT2D eigenvalue weighted by atomic mass is 32.2. The van der Waals surface area contributed by atoms with Crippen LogP contribution in [0.4, 0.5) is 0 Å². The van der Waals surface area contributed by atoms with E-state index in [9.17, 15) is 18.0 Å². The molecule has 0 N–H and O–H groups in total. The zero-order valence-corrected chi connectivity index (χ0v) is 20.7. The number of hydrogen-bond donors (Lipinski definition) is 0. The van der Waals surface area contributed by atoms with E-state index in [4.69, 9.17) is 0 Å². The molecule has 178 valence electrons. The van der Waals surface area contributed by atoms with Crippen molar-refractivity contribution in [3.05, 3.63) is 29.3 Å². The molecule has 7 nitrogen and oxygen atoms in total. The minimum absolute atomic E-state index is 0.0968. The number of carbonyl (C=O) groups is 2. The largest absolute Gasteiger partial charge is 0.342 e. The molecule has 1 aliphatic heterocycles. The Morgan fingerprint density at radius 1 is 1.00 bits per heavy atom. The van der Waals surface area contributed by atoms with Crippen molar-refractivity contribution in [1.82, 2.24) is 14.7 Å². The van der Waals surface area contributed by atoms with Crippen molar-refractivity contribution in [3.63, 3.8) is 0 Å². The van der Waals surface area contributed by atoms with Crippen LogP contribution in [0.1, 0.15) is 50.7 Å². The van der Waals surface area contributed by atoms with E-state index >= 15 is 0 Å². The van der Waals surface area contributed by atoms with Crippen LogP contribution in [0.25, 0.3) is 0 Å². The van der Waals surface area contributed by atoms with Gasteiger partial charge in [0.15, 0.2) is 14.6 Å². The van der Waals surface area contributed by atoms with Crippen molar-refractivity contribution < 1.29 is 18.0 Å². The molecule has 2 fully saturated rings. The molecule has 0 radical (unpaired) electrons. The summed E-state index contributed by atoms with van der Waals surface area (Å²) in [5.41, 5.74) is 1.57. The number of aryl methyl sites for hydroxylation is 2. The van der Waals surface area contributed by atoms with Crippen LogP contribution in [0, 0.1) is 13.8 Å². The van der Waals surface area contributed by atoms with Crippen LogP contribution >= 0.6 is 0 Å². The zero-order valence-electron chi connectivity index (χ0n) is 19.9. The summed E-state index contributed by atoms with van der Waals surface area (Å²) in [4.78, 5) is 32.0. The molecule has 2 amide bonds. The SMILES string of the molecule is CCN(CC)C(=O)CN1CCN(C(=O)C2(S(=O)(=O)c3cc(C)ccc3C)CCCC2)CC1. The average molecular weight is 464 g/mol. The smallest absolute Gasteiger partial charge is 0.244 e. The van der Waals surface area contributed by atoms with Gasteiger partial charge in [-0.25, -0.2) is 8.42 Å². The molecule has 0 bridgehead atoms. The maximum atomic E-state index is 13.9. The molecule has 2 aliphatic rings. The number of nitrogens with zero attached hydrogens (tertiary/aromatic N) is 3. The van der Waals surface area contributed by atoms with E-state index in [2.05, 4.69) is 4.90 Å². The lowest BCUT2D eigenvalue weighted by atomic mass is 10.0. The van der Waals surface area contributed by atoms with Crippen molar-refractivity contribution in [3.8, 4) is 0 Å². The molecular weight excluding hydrogens is 426 g/mol. The van der Waals surface area contributed by atoms with Crippen LogP contribution in [-0.2, 0) is 19.4 Å². The monoisotopic (exact) mass is 463 g/mol. The third kappa shape index (κ3) is 4.57. The Labute approximate surface area is 192 Å². The Balaban J connectivity index is 1.77. The molecule has 0 unspecified atom stereocenters. The number of likely N-dealkylation sites (N-methyl/N-ethyl adjacent to an activating group) is 1. The van der Waals surface area contributed by atoms with Crippen LogP contribution in [0.5, 0.6) is 0 Å². The van der Waals surface area contributed by atoms with E-state index < -0.39 is 14.6 Å². The fraction of sp³-hybridized carbons (Fsp3) is 0.667. The summed E-state index contributed by atoms with van der Waals surface area (Å²) >= 11 is 0. The first-order valence-corrected chi connectivity index (χ1v) is 13.3. The molecule has 0 spiro atoms. The molecule has 32 heavy (non-hydrogen) atoms. The van der Waals surface area contributed by atoms with Crippen LogP contribution in [0.2, 0.25) is 0 Å². The fourth-order valence-electron chi connectivity index (χ4n) is 5.02. The van der Waals surface area contributed by atoms with E-state index in [-0.39, 0.29) is 16.7 Å². The molecule has 0 aromatic heterocycles. The van der Waals surface area contributed by atoms with E-state index in [0.29, 0.717) is 64.2 Å². The first-order valence-electron chi connectivity index (χ1n) is 11.8. The van der Waals surface area contributed by atoms with Crippen molar-refractivity contribution >= 4 is 21.7 Å². The number of sulfone groups is 1. The normalized spacial score (nSPS) is 19.2. The van der Waals surface area contributed by atoms with Gasteiger partial charge in [-0.2, -0.15) is 0 Å². The minimum atomic E-state index is -3.82. The van der Waals surface area contributed by atoms with Gasteiger partial charge in [-0.1, -0.05) is 25.0 Å². The zero-order chi connectivity index (χ0) is 23.5. The number of rotatable bonds is 7. The predicted octanol–water partition coefficient (Wildman–Crippen LogP) is 2.40. The highest BCUT2D eigenvalue weighted by Crippen LogP contribution is 2.43. The van der Waals surface area contributed by atoms with Crippen molar-refractivity contribution in [2.75, 3.05) is 45.8 Å². The molecule has 1 aromatic carbocycles. The number of piperazine rings is 1. The lowest BCUT2D eigenvalue weighted by Gasteiger charge is -2.39. The Bertz CT molecular complexity index is 942. The van der Waals surface area contributed by atoms with Gasteiger partial charge in [0.05, 0.1) is 11.4 Å². The van der Waals surface area contributed by atoms with Crippen LogP contribution < -0.4 is 0 Å². The molecule has 3 rings (SSSR count). The Morgan fingerprint density at radius 2 is 1.59 bits per heavy atom. The van der Waals surface area contributed by atoms with Crippen molar-refractivity contribution in [2.45, 2.75) is 63.0 Å². The third-order valence-electron chi connectivity index (χ3n) is 7.08. The van der Waals surface area contributed by atoms with Gasteiger partial charge in [-0.3, -0.25) is 14.5 Å². The average Bonchev–Trinajstić information content (AvgIpc) is 3.28. The number of carbonyl (C=O) groups excluding carboxylic acids is 2. The lowest BCUT2D eigenvalue weighted by Crippen LogP contribution is -2.58. The van der Waals surface area contributed by atoms with Gasteiger partial charge in [0.2, 0.25) is 11.8 Å². The van der Waals surface area contributed by atoms with Gasteiger partial charge in [-0.05, 0) is 57.7 Å². The summed E-state index contributed by atoms with van der Waals surface area (Å²) in [6.07, 6.45) is 2.24. The van der Waals surface area contributed by atoms with Crippen molar-refractivity contribution in [1.29, 1.82) is 0 Å². The second kappa shape index (κ2) is 9.91. The second-order valence-corrected chi connectivity index (χ2v) is 11.3. The highest BCUT2D eigenvalue weighted by Gasteiger charge is 2.55. The standard InChI is InChI=1S/C24H37N3O4S/c1-5-26(6-2)22(28)18-25-13-15-27(16-14-25)23(29)24(11-7-8-12-24)32(30,31)21-17-19(3)9-10-20(21)4/h9-10,17H,5-8,11-16,18H2,1-4H3. The van der Waals surface area contributed by atoms with Gasteiger partial charge in [-0.15, -0.1) is 0 Å². The summed E-state index contributed by atoms with van der Waals surface area (Å²) in [5, 5.41) is 0. The highest BCUT2D eigenvalue weighted by molar-refractivity contribution is 7.93. The van der Waals surface area contributed by atoms with Gasteiger partial charge in [0, 0.05) is 39.3 Å². The first kappa shape index (κ1) is 24.7. The summed E-state index contributed by atoms with van der Waals surface area (Å²) in [6, 6.07) is 5.42. The number of amides is 2. The first-order chi connectivity index (χ1) is 15.2. The molecule has 1 saturated carbocycles. The maximum absolute atomic E-state index is 13.9. The summed E-state index contributed by atoms with van der Waals surface area (Å²) < 4.78 is 26.3. The van der Waals surface area contributed by atoms with Crippen LogP contribution in [0.15, 0.2) is 23.1 Å². The van der Waals surface area contributed by atoms with Gasteiger partial charge >= 0.3 is 0 Å². The molecule has 1 saturated heterocycles. The molecule has 8 heteroatoms. The molecule has 1 aromatic rings. The Kier molecular flexibility index (Phi) is 7.65. The van der Waals surface area contributed by atoms with Gasteiger partial charge < -0.3 is 9.80 Å². The maximum Gasteiger partial charge on any atom is 0.244 e. The third-order valence-corrected chi connectivity index (χ3v) is 9.71. The Morgan fingerprint density at radius 3 is 2.16 bits per heavy atom. The Hall–Kier alpha value is -1.93. The topological polar surface area (TPSA) is 78.0 Å². The molecule has 0 atom stereocenters. The lowest BCUT2D eigenvalue weighted by molar-refractivity contribution is -0.136. The van der Waals surface area contributed by atoms with E-state index in [0.717, 1.165) is 18.4 Å². The summed E-state index contributed by atoms with van der Waals surface area (Å²) in [5.74, 6) is -0.162. The number of hydrogen-bond acceptors (Lipinski definition) is 5. The second-order valence-electron chi connectivity index (χ2n) is 9.11.